The Morgan fingerprint density at radius 1 is 1.53 bits per heavy atom. The Bertz CT molecular complexity index is 530. The molecule has 1 N–H and O–H groups in total. The van der Waals surface area contributed by atoms with Gasteiger partial charge >= 0.3 is 0 Å². The molecule has 88 valence electrons. The summed E-state index contributed by atoms with van der Waals surface area (Å²) in [6.07, 6.45) is 1.71. The highest BCUT2D eigenvalue weighted by Crippen LogP contribution is 2.26. The molecule has 2 aromatic rings. The molecule has 0 amide bonds. The average Bonchev–Trinajstić information content (AvgIpc) is 2.80. The lowest BCUT2D eigenvalue weighted by Crippen LogP contribution is -2.00. The molecule has 1 aromatic carbocycles. The highest BCUT2D eigenvalue weighted by molar-refractivity contribution is 9.10. The molecule has 0 aliphatic rings. The van der Waals surface area contributed by atoms with Gasteiger partial charge in [0.1, 0.15) is 0 Å². The summed E-state index contributed by atoms with van der Waals surface area (Å²) in [5.74, 6) is 0. The highest BCUT2D eigenvalue weighted by Gasteiger charge is 2.12. The van der Waals surface area contributed by atoms with Crippen LogP contribution in [0.15, 0.2) is 34.2 Å². The Morgan fingerprint density at radius 3 is 3.00 bits per heavy atom. The standard InChI is InChI=1S/C10H8BrN3O2S/c11-8-2-1-7(5-9(8)14(15)16)6-13-10-12-3-4-17-10/h1-5H,6H2,(H,12,13). The quantitative estimate of drug-likeness (QED) is 0.693. The molecule has 1 heterocycles. The Kier molecular flexibility index (Phi) is 3.70. The van der Waals surface area contributed by atoms with Gasteiger partial charge in [0.25, 0.3) is 5.69 Å². The SMILES string of the molecule is O=[N+]([O-])c1cc(CNc2nccs2)ccc1Br. The molecule has 0 spiro atoms. The first-order valence-electron chi connectivity index (χ1n) is 4.73. The van der Waals surface area contributed by atoms with E-state index < -0.39 is 4.92 Å². The summed E-state index contributed by atoms with van der Waals surface area (Å²) in [6.45, 7) is 0.516. The van der Waals surface area contributed by atoms with E-state index in [1.54, 1.807) is 18.3 Å². The summed E-state index contributed by atoms with van der Waals surface area (Å²) in [6, 6.07) is 5.05. The normalized spacial score (nSPS) is 10.2. The van der Waals surface area contributed by atoms with Gasteiger partial charge in [-0.1, -0.05) is 6.07 Å². The van der Waals surface area contributed by atoms with Crippen LogP contribution < -0.4 is 5.32 Å². The summed E-state index contributed by atoms with van der Waals surface area (Å²) in [4.78, 5) is 14.4. The number of nitro benzene ring substituents is 1. The highest BCUT2D eigenvalue weighted by atomic mass is 79.9. The van der Waals surface area contributed by atoms with E-state index >= 15 is 0 Å². The maximum atomic E-state index is 10.8. The van der Waals surface area contributed by atoms with Gasteiger partial charge in [0.05, 0.1) is 9.40 Å². The molecule has 0 radical (unpaired) electrons. The monoisotopic (exact) mass is 313 g/mol. The van der Waals surface area contributed by atoms with E-state index in [0.717, 1.165) is 10.7 Å². The van der Waals surface area contributed by atoms with Crippen molar-refractivity contribution in [1.29, 1.82) is 0 Å². The number of halogens is 1. The Morgan fingerprint density at radius 2 is 2.35 bits per heavy atom. The Labute approximate surface area is 110 Å². The maximum absolute atomic E-state index is 10.8. The van der Waals surface area contributed by atoms with Crippen LogP contribution in [0.4, 0.5) is 10.8 Å². The van der Waals surface area contributed by atoms with Crippen molar-refractivity contribution in [3.8, 4) is 0 Å². The van der Waals surface area contributed by atoms with Crippen molar-refractivity contribution in [3.63, 3.8) is 0 Å². The zero-order valence-electron chi connectivity index (χ0n) is 8.59. The van der Waals surface area contributed by atoms with Crippen LogP contribution >= 0.6 is 27.3 Å². The van der Waals surface area contributed by atoms with Crippen LogP contribution in [0, 0.1) is 10.1 Å². The molecule has 0 bridgehead atoms. The smallest absolute Gasteiger partial charge is 0.283 e. The Hall–Kier alpha value is -1.47. The minimum Gasteiger partial charge on any atom is -0.357 e. The Balaban J connectivity index is 2.11. The number of rotatable bonds is 4. The third-order valence-electron chi connectivity index (χ3n) is 2.08. The number of nitrogens with one attached hydrogen (secondary N) is 1. The fourth-order valence-electron chi connectivity index (χ4n) is 1.30. The molecule has 1 aromatic heterocycles. The van der Waals surface area contributed by atoms with Gasteiger partial charge in [0.15, 0.2) is 5.13 Å². The van der Waals surface area contributed by atoms with E-state index in [9.17, 15) is 10.1 Å². The lowest BCUT2D eigenvalue weighted by molar-refractivity contribution is -0.385. The lowest BCUT2D eigenvalue weighted by atomic mass is 10.2. The molecular formula is C10H8BrN3O2S. The van der Waals surface area contributed by atoms with E-state index in [1.807, 2.05) is 11.4 Å². The fourth-order valence-corrected chi connectivity index (χ4v) is 2.22. The van der Waals surface area contributed by atoms with Gasteiger partial charge in [-0.3, -0.25) is 10.1 Å². The number of anilines is 1. The molecule has 0 saturated heterocycles. The summed E-state index contributed by atoms with van der Waals surface area (Å²) in [5, 5.41) is 16.5. The van der Waals surface area contributed by atoms with Crippen molar-refractivity contribution in [3.05, 3.63) is 49.9 Å². The molecule has 0 saturated carbocycles. The molecule has 0 fully saturated rings. The van der Waals surface area contributed by atoms with Crippen LogP contribution in [-0.2, 0) is 6.54 Å². The molecule has 0 aliphatic carbocycles. The second kappa shape index (κ2) is 5.24. The van der Waals surface area contributed by atoms with Crippen molar-refractivity contribution in [2.24, 2.45) is 0 Å². The average molecular weight is 314 g/mol. The van der Waals surface area contributed by atoms with Gasteiger partial charge in [0.2, 0.25) is 0 Å². The second-order valence-corrected chi connectivity index (χ2v) is 4.98. The van der Waals surface area contributed by atoms with E-state index in [0.29, 0.717) is 11.0 Å². The number of nitrogens with zero attached hydrogens (tertiary/aromatic N) is 2. The lowest BCUT2D eigenvalue weighted by Gasteiger charge is -2.03. The van der Waals surface area contributed by atoms with Crippen LogP contribution in [0.2, 0.25) is 0 Å². The first kappa shape index (κ1) is 12.0. The largest absolute Gasteiger partial charge is 0.357 e. The number of hydrogen-bond donors (Lipinski definition) is 1. The summed E-state index contributed by atoms with van der Waals surface area (Å²) < 4.78 is 0.487. The minimum atomic E-state index is -0.406. The predicted molar refractivity (Wildman–Crippen MR) is 70.2 cm³/mol. The van der Waals surface area contributed by atoms with Crippen molar-refractivity contribution in [2.75, 3.05) is 5.32 Å². The van der Waals surface area contributed by atoms with Crippen molar-refractivity contribution < 1.29 is 4.92 Å². The first-order valence-corrected chi connectivity index (χ1v) is 6.40. The second-order valence-electron chi connectivity index (χ2n) is 3.23. The number of aromatic nitrogens is 1. The molecule has 17 heavy (non-hydrogen) atoms. The van der Waals surface area contributed by atoms with Gasteiger partial charge < -0.3 is 5.32 Å². The van der Waals surface area contributed by atoms with Crippen molar-refractivity contribution >= 4 is 38.1 Å². The maximum Gasteiger partial charge on any atom is 0.283 e. The van der Waals surface area contributed by atoms with Gasteiger partial charge in [0, 0.05) is 24.2 Å². The topological polar surface area (TPSA) is 68.1 Å². The third kappa shape index (κ3) is 3.01. The molecular weight excluding hydrogens is 306 g/mol. The van der Waals surface area contributed by atoms with E-state index in [2.05, 4.69) is 26.2 Å². The number of benzene rings is 1. The zero-order valence-corrected chi connectivity index (χ0v) is 11.0. The van der Waals surface area contributed by atoms with Crippen LogP contribution in [0.3, 0.4) is 0 Å². The van der Waals surface area contributed by atoms with E-state index in [4.69, 9.17) is 0 Å². The molecule has 2 rings (SSSR count). The van der Waals surface area contributed by atoms with Gasteiger partial charge in [-0.25, -0.2) is 4.98 Å². The molecule has 7 heteroatoms. The number of hydrogen-bond acceptors (Lipinski definition) is 5. The van der Waals surface area contributed by atoms with Gasteiger partial charge in [-0.15, -0.1) is 11.3 Å². The van der Waals surface area contributed by atoms with Crippen molar-refractivity contribution in [2.45, 2.75) is 6.54 Å². The first-order chi connectivity index (χ1) is 8.16. The summed E-state index contributed by atoms with van der Waals surface area (Å²) in [5.41, 5.74) is 0.915. The minimum absolute atomic E-state index is 0.0726. The summed E-state index contributed by atoms with van der Waals surface area (Å²) in [7, 11) is 0. The van der Waals surface area contributed by atoms with Crippen LogP contribution in [-0.4, -0.2) is 9.91 Å². The van der Waals surface area contributed by atoms with Crippen molar-refractivity contribution in [1.82, 2.24) is 4.98 Å². The van der Waals surface area contributed by atoms with Gasteiger partial charge in [-0.2, -0.15) is 0 Å². The van der Waals surface area contributed by atoms with Crippen LogP contribution in [0.25, 0.3) is 0 Å². The van der Waals surface area contributed by atoms with Crippen LogP contribution in [0.1, 0.15) is 5.56 Å². The van der Waals surface area contributed by atoms with E-state index in [-0.39, 0.29) is 5.69 Å². The predicted octanol–water partition coefficient (Wildman–Crippen LogP) is 3.43. The molecule has 0 aliphatic heterocycles. The third-order valence-corrected chi connectivity index (χ3v) is 3.48. The zero-order chi connectivity index (χ0) is 12.3. The fraction of sp³-hybridized carbons (Fsp3) is 0.100. The van der Waals surface area contributed by atoms with Crippen LogP contribution in [0.5, 0.6) is 0 Å². The molecule has 0 unspecified atom stereocenters. The summed E-state index contributed by atoms with van der Waals surface area (Å²) >= 11 is 4.64. The molecule has 0 atom stereocenters. The van der Waals surface area contributed by atoms with E-state index in [1.165, 1.54) is 11.3 Å². The number of nitro groups is 1. The number of thiazole rings is 1. The molecule has 5 nitrogen and oxygen atoms in total. The van der Waals surface area contributed by atoms with Gasteiger partial charge in [-0.05, 0) is 27.6 Å².